The maximum Gasteiger partial charge on any atom is 0.188 e. The summed E-state index contributed by atoms with van der Waals surface area (Å²) in [5.41, 5.74) is 6.37. The van der Waals surface area contributed by atoms with Crippen LogP contribution in [0.3, 0.4) is 0 Å². The summed E-state index contributed by atoms with van der Waals surface area (Å²) in [6, 6.07) is 0.552. The predicted molar refractivity (Wildman–Crippen MR) is 74.7 cm³/mol. The fourth-order valence-electron chi connectivity index (χ4n) is 2.74. The van der Waals surface area contributed by atoms with Crippen LogP contribution < -0.4 is 11.1 Å². The van der Waals surface area contributed by atoms with Crippen molar-refractivity contribution in [3.05, 3.63) is 0 Å². The molecule has 2 aliphatic rings. The zero-order valence-electron chi connectivity index (χ0n) is 11.6. The first kappa shape index (κ1) is 13.7. The Morgan fingerprint density at radius 1 is 1.33 bits per heavy atom. The molecule has 2 rings (SSSR count). The molecule has 0 aromatic rings. The first-order chi connectivity index (χ1) is 8.74. The van der Waals surface area contributed by atoms with Crippen LogP contribution in [0.4, 0.5) is 0 Å². The zero-order chi connectivity index (χ0) is 12.8. The maximum absolute atomic E-state index is 5.98. The van der Waals surface area contributed by atoms with Crippen molar-refractivity contribution in [2.24, 2.45) is 16.1 Å². The van der Waals surface area contributed by atoms with Crippen molar-refractivity contribution in [2.45, 2.75) is 57.4 Å². The molecule has 0 atom stereocenters. The number of ether oxygens (including phenoxy) is 1. The van der Waals surface area contributed by atoms with E-state index in [0.717, 1.165) is 19.6 Å². The fourth-order valence-corrected chi connectivity index (χ4v) is 2.74. The van der Waals surface area contributed by atoms with Gasteiger partial charge in [0.25, 0.3) is 0 Å². The predicted octanol–water partition coefficient (Wildman–Crippen LogP) is 2.04. The number of nitrogens with two attached hydrogens (primary N) is 1. The van der Waals surface area contributed by atoms with Crippen molar-refractivity contribution in [3.63, 3.8) is 0 Å². The molecule has 0 aliphatic heterocycles. The van der Waals surface area contributed by atoms with Crippen molar-refractivity contribution >= 4 is 5.96 Å². The van der Waals surface area contributed by atoms with Gasteiger partial charge < -0.3 is 15.8 Å². The van der Waals surface area contributed by atoms with Crippen molar-refractivity contribution in [1.29, 1.82) is 0 Å². The van der Waals surface area contributed by atoms with Crippen LogP contribution in [0.15, 0.2) is 4.99 Å². The quantitative estimate of drug-likeness (QED) is 0.562. The molecular weight excluding hydrogens is 226 g/mol. The fraction of sp³-hybridized carbons (Fsp3) is 0.929. The highest BCUT2D eigenvalue weighted by molar-refractivity contribution is 5.78. The second kappa shape index (κ2) is 6.41. The molecule has 0 aromatic carbocycles. The number of rotatable bonds is 6. The molecule has 0 amide bonds. The van der Waals surface area contributed by atoms with Gasteiger partial charge in [0.1, 0.15) is 0 Å². The molecule has 2 fully saturated rings. The molecule has 0 saturated heterocycles. The summed E-state index contributed by atoms with van der Waals surface area (Å²) in [6.07, 6.45) is 10.2. The lowest BCUT2D eigenvalue weighted by Gasteiger charge is -2.23. The number of nitrogens with zero attached hydrogens (tertiary/aromatic N) is 1. The smallest absolute Gasteiger partial charge is 0.188 e. The number of hydrogen-bond donors (Lipinski definition) is 2. The third-order valence-electron chi connectivity index (χ3n) is 4.34. The molecule has 0 unspecified atom stereocenters. The average molecular weight is 253 g/mol. The lowest BCUT2D eigenvalue weighted by atomic mass is 9.96. The highest BCUT2D eigenvalue weighted by Crippen LogP contribution is 2.48. The van der Waals surface area contributed by atoms with Gasteiger partial charge in [-0.3, -0.25) is 4.99 Å². The van der Waals surface area contributed by atoms with Crippen LogP contribution in [0, 0.1) is 5.41 Å². The second-order valence-corrected chi connectivity index (χ2v) is 5.92. The number of hydrogen-bond acceptors (Lipinski definition) is 2. The molecule has 0 aromatic heterocycles. The van der Waals surface area contributed by atoms with Gasteiger partial charge in [-0.15, -0.1) is 0 Å². The van der Waals surface area contributed by atoms with E-state index in [-0.39, 0.29) is 0 Å². The van der Waals surface area contributed by atoms with Crippen LogP contribution in [-0.2, 0) is 4.74 Å². The maximum atomic E-state index is 5.98. The van der Waals surface area contributed by atoms with Crippen LogP contribution >= 0.6 is 0 Å². The Hall–Kier alpha value is -0.770. The Kier molecular flexibility index (Phi) is 4.87. The van der Waals surface area contributed by atoms with Crippen LogP contribution in [-0.4, -0.2) is 32.3 Å². The SMILES string of the molecule is COCCC1(CN=C(N)NC2CCCCC2)CC1. The molecular formula is C14H27N3O. The van der Waals surface area contributed by atoms with E-state index >= 15 is 0 Å². The van der Waals surface area contributed by atoms with E-state index in [1.54, 1.807) is 7.11 Å². The second-order valence-electron chi connectivity index (χ2n) is 5.92. The van der Waals surface area contributed by atoms with E-state index in [1.807, 2.05) is 0 Å². The van der Waals surface area contributed by atoms with Gasteiger partial charge in [0.15, 0.2) is 5.96 Å². The summed E-state index contributed by atoms with van der Waals surface area (Å²) in [5.74, 6) is 0.644. The van der Waals surface area contributed by atoms with Gasteiger partial charge >= 0.3 is 0 Å². The highest BCUT2D eigenvalue weighted by Gasteiger charge is 2.41. The van der Waals surface area contributed by atoms with Crippen molar-refractivity contribution in [2.75, 3.05) is 20.3 Å². The van der Waals surface area contributed by atoms with Gasteiger partial charge in [-0.2, -0.15) is 0 Å². The molecule has 0 radical (unpaired) electrons. The number of aliphatic imine (C=N–C) groups is 1. The largest absolute Gasteiger partial charge is 0.385 e. The lowest BCUT2D eigenvalue weighted by molar-refractivity contribution is 0.174. The Morgan fingerprint density at radius 3 is 2.67 bits per heavy atom. The molecule has 0 spiro atoms. The summed E-state index contributed by atoms with van der Waals surface area (Å²) >= 11 is 0. The third-order valence-corrected chi connectivity index (χ3v) is 4.34. The molecule has 18 heavy (non-hydrogen) atoms. The van der Waals surface area contributed by atoms with Crippen LogP contribution in [0.1, 0.15) is 51.4 Å². The van der Waals surface area contributed by atoms with Gasteiger partial charge in [-0.1, -0.05) is 19.3 Å². The monoisotopic (exact) mass is 253 g/mol. The van der Waals surface area contributed by atoms with E-state index in [4.69, 9.17) is 10.5 Å². The van der Waals surface area contributed by atoms with Crippen molar-refractivity contribution in [1.82, 2.24) is 5.32 Å². The average Bonchev–Trinajstić information content (AvgIpc) is 3.16. The topological polar surface area (TPSA) is 59.6 Å². The van der Waals surface area contributed by atoms with E-state index in [0.29, 0.717) is 17.4 Å². The minimum Gasteiger partial charge on any atom is -0.385 e. The minimum atomic E-state index is 0.398. The first-order valence-electron chi connectivity index (χ1n) is 7.29. The van der Waals surface area contributed by atoms with E-state index < -0.39 is 0 Å². The normalized spacial score (nSPS) is 23.9. The van der Waals surface area contributed by atoms with Crippen LogP contribution in [0.5, 0.6) is 0 Å². The summed E-state index contributed by atoms with van der Waals surface area (Å²) in [4.78, 5) is 4.53. The van der Waals surface area contributed by atoms with Gasteiger partial charge in [0.2, 0.25) is 0 Å². The lowest BCUT2D eigenvalue weighted by Crippen LogP contribution is -2.41. The summed E-state index contributed by atoms with van der Waals surface area (Å²) in [6.45, 7) is 1.70. The molecule has 4 heteroatoms. The Balaban J connectivity index is 1.71. The highest BCUT2D eigenvalue weighted by atomic mass is 16.5. The standard InChI is InChI=1S/C14H27N3O/c1-18-10-9-14(7-8-14)11-16-13(15)17-12-5-3-2-4-6-12/h12H,2-11H2,1H3,(H3,15,16,17). The van der Waals surface area contributed by atoms with Crippen LogP contribution in [0.25, 0.3) is 0 Å². The summed E-state index contributed by atoms with van der Waals surface area (Å²) < 4.78 is 5.15. The summed E-state index contributed by atoms with van der Waals surface area (Å²) in [5, 5.41) is 3.37. The number of methoxy groups -OCH3 is 1. The molecule has 4 nitrogen and oxygen atoms in total. The van der Waals surface area contributed by atoms with E-state index in [2.05, 4.69) is 10.3 Å². The molecule has 3 N–H and O–H groups in total. The molecule has 0 heterocycles. The number of nitrogens with one attached hydrogen (secondary N) is 1. The van der Waals surface area contributed by atoms with E-state index in [1.165, 1.54) is 44.9 Å². The summed E-state index contributed by atoms with van der Waals surface area (Å²) in [7, 11) is 1.76. The zero-order valence-corrected chi connectivity index (χ0v) is 11.6. The van der Waals surface area contributed by atoms with Gasteiger partial charge in [0.05, 0.1) is 0 Å². The van der Waals surface area contributed by atoms with Crippen molar-refractivity contribution < 1.29 is 4.74 Å². The Morgan fingerprint density at radius 2 is 2.06 bits per heavy atom. The van der Waals surface area contributed by atoms with Gasteiger partial charge in [0, 0.05) is 26.3 Å². The Labute approximate surface area is 110 Å². The first-order valence-corrected chi connectivity index (χ1v) is 7.29. The molecule has 2 saturated carbocycles. The molecule has 0 bridgehead atoms. The van der Waals surface area contributed by atoms with E-state index in [9.17, 15) is 0 Å². The molecule has 104 valence electrons. The number of guanidine groups is 1. The van der Waals surface area contributed by atoms with Gasteiger partial charge in [-0.25, -0.2) is 0 Å². The Bertz CT molecular complexity index is 281. The third kappa shape index (κ3) is 4.16. The minimum absolute atomic E-state index is 0.398. The van der Waals surface area contributed by atoms with Crippen molar-refractivity contribution in [3.8, 4) is 0 Å². The van der Waals surface area contributed by atoms with Gasteiger partial charge in [-0.05, 0) is 37.5 Å². The molecule has 2 aliphatic carbocycles. The van der Waals surface area contributed by atoms with Crippen LogP contribution in [0.2, 0.25) is 0 Å².